The summed E-state index contributed by atoms with van der Waals surface area (Å²) < 4.78 is 8.01. The van der Waals surface area contributed by atoms with Crippen molar-refractivity contribution in [1.82, 2.24) is 25.0 Å². The molecule has 0 spiro atoms. The van der Waals surface area contributed by atoms with E-state index >= 15 is 0 Å². The summed E-state index contributed by atoms with van der Waals surface area (Å²) in [5.41, 5.74) is 4.58. The van der Waals surface area contributed by atoms with Crippen LogP contribution in [0.25, 0.3) is 22.8 Å². The number of hydrogen-bond donors (Lipinski definition) is 0. The third kappa shape index (κ3) is 4.71. The highest BCUT2D eigenvalue weighted by atomic mass is 32.2. The Labute approximate surface area is 187 Å². The number of rotatable bonds is 6. The van der Waals surface area contributed by atoms with Crippen molar-refractivity contribution >= 4 is 11.8 Å². The lowest BCUT2D eigenvalue weighted by Gasteiger charge is -2.18. The van der Waals surface area contributed by atoms with Crippen molar-refractivity contribution in [2.45, 2.75) is 57.5 Å². The van der Waals surface area contributed by atoms with Gasteiger partial charge in [-0.2, -0.15) is 0 Å². The fourth-order valence-electron chi connectivity index (χ4n) is 3.35. The molecule has 2 heterocycles. The number of aryl methyl sites for hydroxylation is 1. The Morgan fingerprint density at radius 1 is 0.935 bits per heavy atom. The third-order valence-corrected chi connectivity index (χ3v) is 6.05. The van der Waals surface area contributed by atoms with E-state index in [0.717, 1.165) is 28.7 Å². The van der Waals surface area contributed by atoms with E-state index in [2.05, 4.69) is 89.9 Å². The van der Waals surface area contributed by atoms with Crippen LogP contribution in [0.4, 0.5) is 0 Å². The van der Waals surface area contributed by atoms with Crippen LogP contribution >= 0.6 is 11.8 Å². The maximum atomic E-state index is 5.90. The molecule has 7 heteroatoms. The zero-order chi connectivity index (χ0) is 22.0. The first-order valence-electron chi connectivity index (χ1n) is 10.4. The average Bonchev–Trinajstić information content (AvgIpc) is 3.38. The van der Waals surface area contributed by atoms with Gasteiger partial charge in [0.15, 0.2) is 11.0 Å². The molecule has 0 N–H and O–H groups in total. The summed E-state index contributed by atoms with van der Waals surface area (Å²) in [5.74, 6) is 2.52. The Morgan fingerprint density at radius 3 is 2.39 bits per heavy atom. The van der Waals surface area contributed by atoms with E-state index in [-0.39, 0.29) is 5.41 Å². The summed E-state index contributed by atoms with van der Waals surface area (Å²) in [5, 5.41) is 18.1. The second-order valence-corrected chi connectivity index (χ2v) is 9.48. The Morgan fingerprint density at radius 2 is 1.71 bits per heavy atom. The first-order chi connectivity index (χ1) is 14.8. The molecular weight excluding hydrogens is 406 g/mol. The SMILES string of the molecule is CCn1c(SCc2nnc(-c3ccc(C(C)(C)C)cc3)o2)nnc1-c1cccc(C)c1. The van der Waals surface area contributed by atoms with Crippen molar-refractivity contribution in [3.8, 4) is 22.8 Å². The summed E-state index contributed by atoms with van der Waals surface area (Å²) in [4.78, 5) is 0. The largest absolute Gasteiger partial charge is 0.420 e. The molecule has 0 saturated heterocycles. The van der Waals surface area contributed by atoms with Crippen molar-refractivity contribution in [3.63, 3.8) is 0 Å². The van der Waals surface area contributed by atoms with Crippen LogP contribution in [0.5, 0.6) is 0 Å². The highest BCUT2D eigenvalue weighted by molar-refractivity contribution is 7.98. The standard InChI is InChI=1S/C24H27N5OS/c1-6-29-21(18-9-7-8-16(2)14-18)26-28-23(29)31-15-20-25-27-22(30-20)17-10-12-19(13-11-17)24(3,4)5/h7-14H,6,15H2,1-5H3. The molecule has 4 aromatic rings. The van der Waals surface area contributed by atoms with Crippen molar-refractivity contribution in [1.29, 1.82) is 0 Å². The Kier molecular flexibility index (Phi) is 5.96. The van der Waals surface area contributed by atoms with Gasteiger partial charge in [0, 0.05) is 17.7 Å². The van der Waals surface area contributed by atoms with Crippen LogP contribution < -0.4 is 0 Å². The molecule has 0 fully saturated rings. The minimum absolute atomic E-state index is 0.113. The quantitative estimate of drug-likeness (QED) is 0.352. The lowest BCUT2D eigenvalue weighted by molar-refractivity contribution is 0.527. The van der Waals surface area contributed by atoms with Gasteiger partial charge in [0.1, 0.15) is 0 Å². The van der Waals surface area contributed by atoms with Crippen LogP contribution in [0.1, 0.15) is 44.7 Å². The van der Waals surface area contributed by atoms with E-state index in [9.17, 15) is 0 Å². The fraction of sp³-hybridized carbons (Fsp3) is 0.333. The van der Waals surface area contributed by atoms with Crippen molar-refractivity contribution in [2.24, 2.45) is 0 Å². The summed E-state index contributed by atoms with van der Waals surface area (Å²) in [6, 6.07) is 16.6. The molecule has 0 radical (unpaired) electrons. The summed E-state index contributed by atoms with van der Waals surface area (Å²) in [7, 11) is 0. The van der Waals surface area contributed by atoms with Gasteiger partial charge in [0.2, 0.25) is 11.8 Å². The van der Waals surface area contributed by atoms with Crippen molar-refractivity contribution in [3.05, 3.63) is 65.5 Å². The van der Waals surface area contributed by atoms with Crippen LogP contribution in [0.3, 0.4) is 0 Å². The molecule has 2 aromatic carbocycles. The molecule has 0 amide bonds. The normalized spacial score (nSPS) is 11.8. The van der Waals surface area contributed by atoms with E-state index < -0.39 is 0 Å². The van der Waals surface area contributed by atoms with E-state index in [1.807, 2.05) is 18.2 Å². The minimum atomic E-state index is 0.113. The van der Waals surface area contributed by atoms with E-state index in [4.69, 9.17) is 4.42 Å². The molecule has 4 rings (SSSR count). The van der Waals surface area contributed by atoms with Gasteiger partial charge in [-0.3, -0.25) is 0 Å². The number of aromatic nitrogens is 5. The Balaban J connectivity index is 1.48. The molecule has 0 unspecified atom stereocenters. The van der Waals surface area contributed by atoms with Gasteiger partial charge in [0.25, 0.3) is 0 Å². The third-order valence-electron chi connectivity index (χ3n) is 5.10. The molecular formula is C24H27N5OS. The molecule has 2 aromatic heterocycles. The maximum absolute atomic E-state index is 5.90. The molecule has 0 aliphatic carbocycles. The van der Waals surface area contributed by atoms with Gasteiger partial charge in [0.05, 0.1) is 5.75 Å². The minimum Gasteiger partial charge on any atom is -0.420 e. The Hall–Kier alpha value is -2.93. The summed E-state index contributed by atoms with van der Waals surface area (Å²) >= 11 is 1.55. The van der Waals surface area contributed by atoms with Gasteiger partial charge in [-0.1, -0.05) is 68.4 Å². The lowest BCUT2D eigenvalue weighted by Crippen LogP contribution is -2.10. The second kappa shape index (κ2) is 8.67. The topological polar surface area (TPSA) is 69.6 Å². The molecule has 6 nitrogen and oxygen atoms in total. The second-order valence-electron chi connectivity index (χ2n) is 8.54. The molecule has 0 aliphatic rings. The van der Waals surface area contributed by atoms with Crippen molar-refractivity contribution in [2.75, 3.05) is 0 Å². The molecule has 31 heavy (non-hydrogen) atoms. The molecule has 0 atom stereocenters. The number of hydrogen-bond acceptors (Lipinski definition) is 6. The van der Waals surface area contributed by atoms with E-state index in [1.165, 1.54) is 11.1 Å². The van der Waals surface area contributed by atoms with Crippen LogP contribution in [0, 0.1) is 6.92 Å². The van der Waals surface area contributed by atoms with Crippen molar-refractivity contribution < 1.29 is 4.42 Å². The molecule has 0 saturated carbocycles. The maximum Gasteiger partial charge on any atom is 0.247 e. The first-order valence-corrected chi connectivity index (χ1v) is 11.4. The van der Waals surface area contributed by atoms with Gasteiger partial charge < -0.3 is 8.98 Å². The highest BCUT2D eigenvalue weighted by Crippen LogP contribution is 2.29. The monoisotopic (exact) mass is 433 g/mol. The average molecular weight is 434 g/mol. The van der Waals surface area contributed by atoms with Gasteiger partial charge in [-0.15, -0.1) is 20.4 Å². The van der Waals surface area contributed by atoms with Gasteiger partial charge >= 0.3 is 0 Å². The van der Waals surface area contributed by atoms with E-state index in [1.54, 1.807) is 11.8 Å². The fourth-order valence-corrected chi connectivity index (χ4v) is 4.19. The lowest BCUT2D eigenvalue weighted by atomic mass is 9.87. The number of nitrogens with zero attached hydrogens (tertiary/aromatic N) is 5. The number of benzene rings is 2. The Bertz CT molecular complexity index is 1170. The molecule has 0 aliphatic heterocycles. The van der Waals surface area contributed by atoms with Crippen LogP contribution in [-0.2, 0) is 17.7 Å². The van der Waals surface area contributed by atoms with Crippen LogP contribution in [-0.4, -0.2) is 25.0 Å². The number of thioether (sulfide) groups is 1. The summed E-state index contributed by atoms with van der Waals surface area (Å²) in [6.07, 6.45) is 0. The van der Waals surface area contributed by atoms with Crippen LogP contribution in [0.15, 0.2) is 58.1 Å². The van der Waals surface area contributed by atoms with E-state index in [0.29, 0.717) is 17.5 Å². The van der Waals surface area contributed by atoms with Gasteiger partial charge in [-0.05, 0) is 43.0 Å². The van der Waals surface area contributed by atoms with Gasteiger partial charge in [-0.25, -0.2) is 0 Å². The van der Waals surface area contributed by atoms with Crippen LogP contribution in [0.2, 0.25) is 0 Å². The smallest absolute Gasteiger partial charge is 0.247 e. The molecule has 0 bridgehead atoms. The predicted molar refractivity (Wildman–Crippen MR) is 124 cm³/mol. The molecule has 160 valence electrons. The zero-order valence-electron chi connectivity index (χ0n) is 18.6. The summed E-state index contributed by atoms with van der Waals surface area (Å²) in [6.45, 7) is 11.6. The zero-order valence-corrected chi connectivity index (χ0v) is 19.4. The first kappa shape index (κ1) is 21.3. The predicted octanol–water partition coefficient (Wildman–Crippen LogP) is 5.91. The highest BCUT2D eigenvalue weighted by Gasteiger charge is 2.17.